The molecule has 2 rings (SSSR count). The van der Waals surface area contributed by atoms with Crippen LogP contribution in [0.1, 0.15) is 6.23 Å². The molecule has 6 atom stereocenters. The number of rotatable bonds is 12. The molecule has 0 radical (unpaired) electrons. The largest absolute Gasteiger partial charge is 0.595 e. The van der Waals surface area contributed by atoms with Crippen LogP contribution in [-0.2, 0) is 45.1 Å². The second-order valence-electron chi connectivity index (χ2n) is 6.12. The van der Waals surface area contributed by atoms with Gasteiger partial charge in [-0.25, -0.2) is 13.9 Å². The van der Waals surface area contributed by atoms with Gasteiger partial charge in [0, 0.05) is 26.5 Å². The lowest BCUT2D eigenvalue weighted by atomic mass is 10.1. The number of phosphoric ester groups is 2. The Hall–Kier alpha value is -0.870. The summed E-state index contributed by atoms with van der Waals surface area (Å²) in [4.78, 5) is 34.6. The summed E-state index contributed by atoms with van der Waals surface area (Å²) in [7, 11) is -10.0. The van der Waals surface area contributed by atoms with Gasteiger partial charge in [-0.05, 0) is 8.62 Å². The van der Waals surface area contributed by atoms with E-state index in [2.05, 4.69) is 4.52 Å². The van der Waals surface area contributed by atoms with Crippen molar-refractivity contribution >= 4 is 23.8 Å². The Morgan fingerprint density at radius 3 is 2.24 bits per heavy atom. The first kappa shape index (κ1) is 28.4. The molecule has 20 heteroatoms. The first-order chi connectivity index (χ1) is 15.3. The van der Waals surface area contributed by atoms with Gasteiger partial charge in [0.1, 0.15) is 18.3 Å². The van der Waals surface area contributed by atoms with Crippen LogP contribution in [0, 0.1) is 0 Å². The van der Waals surface area contributed by atoms with Crippen LogP contribution in [0.4, 0.5) is 0 Å². The first-order valence-corrected chi connectivity index (χ1v) is 13.2. The van der Waals surface area contributed by atoms with E-state index in [1.54, 1.807) is 0 Å². The lowest BCUT2D eigenvalue weighted by Gasteiger charge is -2.22. The molecule has 1 fully saturated rings. The van der Waals surface area contributed by atoms with Crippen LogP contribution in [0.2, 0.25) is 0 Å². The molecule has 4 N–H and O–H groups in total. The van der Waals surface area contributed by atoms with Crippen molar-refractivity contribution in [2.24, 2.45) is 0 Å². The van der Waals surface area contributed by atoms with E-state index < -0.39 is 66.2 Å². The van der Waals surface area contributed by atoms with Gasteiger partial charge in [-0.2, -0.15) is 9.05 Å². The standard InChI is InChI=1S/C13H23N2O15P3/c1-23-31(20,21)29-33(25-3,26-4)30-32(22,24-2)27-7-8-10(17)11(18)12(28-8)15-6-5-9(16)14-13(15)19/h5-6,8,10-12,17-18H,7H2,1-4H3,(H-,14,16,19,20,21)/p+1. The number of nitrogens with zero attached hydrogens (tertiary/aromatic N) is 1. The van der Waals surface area contributed by atoms with Crippen molar-refractivity contribution in [2.75, 3.05) is 35.0 Å². The second-order valence-corrected chi connectivity index (χ2v) is 11.9. The number of aromatic nitrogens is 2. The summed E-state index contributed by atoms with van der Waals surface area (Å²) >= 11 is 0. The maximum atomic E-state index is 12.9. The number of aliphatic hydroxyl groups excluding tert-OH is 2. The van der Waals surface area contributed by atoms with E-state index in [1.807, 2.05) is 4.98 Å². The number of aromatic amines is 1. The van der Waals surface area contributed by atoms with Gasteiger partial charge in [-0.15, -0.1) is 0 Å². The van der Waals surface area contributed by atoms with Crippen LogP contribution >= 0.6 is 23.8 Å². The van der Waals surface area contributed by atoms with Gasteiger partial charge in [0.2, 0.25) is 0 Å². The highest BCUT2D eigenvalue weighted by Gasteiger charge is 2.61. The summed E-state index contributed by atoms with van der Waals surface area (Å²) in [6.07, 6.45) is -5.01. The molecule has 17 nitrogen and oxygen atoms in total. The molecule has 2 heterocycles. The Balaban J connectivity index is 2.16. The molecule has 1 aromatic heterocycles. The summed E-state index contributed by atoms with van der Waals surface area (Å²) in [5, 5.41) is 20.5. The number of nitrogens with one attached hydrogen (secondary N) is 1. The Kier molecular flexibility index (Phi) is 9.67. The van der Waals surface area contributed by atoms with Crippen molar-refractivity contribution in [3.63, 3.8) is 0 Å². The van der Waals surface area contributed by atoms with Crippen molar-refractivity contribution in [1.82, 2.24) is 9.55 Å². The molecule has 0 aromatic carbocycles. The molecule has 0 amide bonds. The Bertz CT molecular complexity index is 1010. The highest BCUT2D eigenvalue weighted by Crippen LogP contribution is 2.78. The lowest BCUT2D eigenvalue weighted by molar-refractivity contribution is -0.0549. The number of aliphatic hydroxyl groups is 2. The third-order valence-corrected chi connectivity index (χ3v) is 9.66. The molecule has 0 spiro atoms. The zero-order chi connectivity index (χ0) is 25.0. The zero-order valence-corrected chi connectivity index (χ0v) is 20.4. The van der Waals surface area contributed by atoms with Crippen LogP contribution in [-0.4, -0.2) is 78.0 Å². The van der Waals surface area contributed by atoms with Crippen molar-refractivity contribution in [2.45, 2.75) is 24.5 Å². The second kappa shape index (κ2) is 11.2. The molecule has 1 aliphatic heterocycles. The monoisotopic (exact) mass is 541 g/mol. The molecule has 1 saturated heterocycles. The summed E-state index contributed by atoms with van der Waals surface area (Å²) in [5.41, 5.74) is -1.60. The minimum absolute atomic E-state index is 0.687. The van der Waals surface area contributed by atoms with Crippen LogP contribution in [0.3, 0.4) is 0 Å². The molecular weight excluding hydrogens is 517 g/mol. The highest BCUT2D eigenvalue weighted by atomic mass is 31.3. The van der Waals surface area contributed by atoms with Crippen LogP contribution in [0.5, 0.6) is 0 Å². The predicted molar refractivity (Wildman–Crippen MR) is 108 cm³/mol. The van der Waals surface area contributed by atoms with E-state index in [1.165, 1.54) is 0 Å². The minimum Gasteiger partial charge on any atom is -0.387 e. The fourth-order valence-corrected chi connectivity index (χ4v) is 7.25. The number of hydrogen-bond donors (Lipinski definition) is 4. The van der Waals surface area contributed by atoms with Gasteiger partial charge in [-0.1, -0.05) is 0 Å². The third kappa shape index (κ3) is 6.84. The van der Waals surface area contributed by atoms with Crippen LogP contribution < -0.4 is 11.2 Å². The van der Waals surface area contributed by atoms with E-state index in [4.69, 9.17) is 31.5 Å². The van der Waals surface area contributed by atoms with Crippen molar-refractivity contribution < 1.29 is 60.2 Å². The number of ether oxygens (including phenoxy) is 1. The summed E-state index contributed by atoms with van der Waals surface area (Å²) in [6.45, 7) is -0.730. The number of H-pyrrole nitrogens is 1. The van der Waals surface area contributed by atoms with Crippen LogP contribution in [0.25, 0.3) is 0 Å². The molecule has 190 valence electrons. The summed E-state index contributed by atoms with van der Waals surface area (Å²) in [6, 6.07) is 0.999. The molecule has 0 saturated carbocycles. The molecule has 1 aliphatic rings. The summed E-state index contributed by atoms with van der Waals surface area (Å²) < 4.78 is 64.3. The SMILES string of the molecule is COP(=O)(O)O[P+](OC)(OC)OP(=O)(OC)OCC1OC(n2ccc(=O)[nH]c2=O)C(O)C1O. The first-order valence-electron chi connectivity index (χ1n) is 8.80. The quantitative estimate of drug-likeness (QED) is 0.249. The van der Waals surface area contributed by atoms with E-state index >= 15 is 0 Å². The molecular formula is C13H24N2O15P3+. The number of phosphoric acid groups is 2. The normalized spacial score (nSPS) is 27.2. The average Bonchev–Trinajstić information content (AvgIpc) is 3.05. The maximum Gasteiger partial charge on any atom is 0.595 e. The Labute approximate surface area is 187 Å². The van der Waals surface area contributed by atoms with Gasteiger partial charge in [0.15, 0.2) is 6.23 Å². The smallest absolute Gasteiger partial charge is 0.387 e. The van der Waals surface area contributed by atoms with Crippen molar-refractivity contribution in [3.05, 3.63) is 33.1 Å². The van der Waals surface area contributed by atoms with Crippen molar-refractivity contribution in [3.8, 4) is 0 Å². The molecule has 33 heavy (non-hydrogen) atoms. The van der Waals surface area contributed by atoms with Gasteiger partial charge >= 0.3 is 29.5 Å². The molecule has 0 aliphatic carbocycles. The highest BCUT2D eigenvalue weighted by molar-refractivity contribution is 7.71. The Morgan fingerprint density at radius 2 is 1.73 bits per heavy atom. The maximum absolute atomic E-state index is 12.9. The van der Waals surface area contributed by atoms with E-state index in [0.717, 1.165) is 45.3 Å². The topological polar surface area (TPSA) is 224 Å². The van der Waals surface area contributed by atoms with E-state index in [0.29, 0.717) is 0 Å². The van der Waals surface area contributed by atoms with Crippen LogP contribution in [0.15, 0.2) is 21.9 Å². The molecule has 1 aromatic rings. The molecule has 6 unspecified atom stereocenters. The Morgan fingerprint density at radius 1 is 1.09 bits per heavy atom. The lowest BCUT2D eigenvalue weighted by Crippen LogP contribution is -2.37. The van der Waals surface area contributed by atoms with Crippen molar-refractivity contribution in [1.29, 1.82) is 0 Å². The van der Waals surface area contributed by atoms with Gasteiger partial charge in [-0.3, -0.25) is 27.9 Å². The third-order valence-electron chi connectivity index (χ3n) is 4.16. The van der Waals surface area contributed by atoms with E-state index in [9.17, 15) is 33.8 Å². The summed E-state index contributed by atoms with van der Waals surface area (Å²) in [5.74, 6) is 0. The minimum atomic E-state index is -4.75. The zero-order valence-electron chi connectivity index (χ0n) is 17.7. The fraction of sp³-hybridized carbons (Fsp3) is 0.692. The molecule has 0 bridgehead atoms. The number of hydrogen-bond acceptors (Lipinski definition) is 14. The van der Waals surface area contributed by atoms with E-state index in [-0.39, 0.29) is 0 Å². The fourth-order valence-electron chi connectivity index (χ4n) is 2.50. The predicted octanol–water partition coefficient (Wildman–Crippen LogP) is -0.323. The van der Waals surface area contributed by atoms with Gasteiger partial charge in [0.25, 0.3) is 5.56 Å². The van der Waals surface area contributed by atoms with Gasteiger partial charge < -0.3 is 19.8 Å². The average molecular weight is 541 g/mol. The van der Waals surface area contributed by atoms with Gasteiger partial charge in [0.05, 0.1) is 20.8 Å².